The van der Waals surface area contributed by atoms with Gasteiger partial charge in [-0.2, -0.15) is 0 Å². The molecule has 142 valence electrons. The molecule has 0 saturated carbocycles. The second-order valence-electron chi connectivity index (χ2n) is 6.86. The fourth-order valence-corrected chi connectivity index (χ4v) is 3.93. The van der Waals surface area contributed by atoms with Gasteiger partial charge in [0, 0.05) is 43.7 Å². The highest BCUT2D eigenvalue weighted by atomic mass is 79.9. The lowest BCUT2D eigenvalue weighted by Gasteiger charge is -2.36. The standard InChI is InChI=1S/C19H26BrN3O3/c1-26-15-5-6-17(20)16(13-15)19(25)23-11-9-21(10-12-23)14-18(24)22-7-3-2-4-8-22/h5-6,13H,2-4,7-12,14H2,1H3. The molecule has 0 atom stereocenters. The van der Waals surface area contributed by atoms with Crippen molar-refractivity contribution in [2.75, 3.05) is 52.9 Å². The summed E-state index contributed by atoms with van der Waals surface area (Å²) in [5.41, 5.74) is 0.613. The van der Waals surface area contributed by atoms with Crippen LogP contribution in [0.2, 0.25) is 0 Å². The normalized spacial score (nSPS) is 18.7. The summed E-state index contributed by atoms with van der Waals surface area (Å²) < 4.78 is 5.99. The third-order valence-corrected chi connectivity index (χ3v) is 5.82. The van der Waals surface area contributed by atoms with Gasteiger partial charge in [-0.05, 0) is 53.4 Å². The summed E-state index contributed by atoms with van der Waals surface area (Å²) in [7, 11) is 1.59. The van der Waals surface area contributed by atoms with E-state index in [0.29, 0.717) is 30.9 Å². The van der Waals surface area contributed by atoms with E-state index in [-0.39, 0.29) is 11.8 Å². The predicted octanol–water partition coefficient (Wildman–Crippen LogP) is 2.23. The first-order valence-electron chi connectivity index (χ1n) is 9.21. The van der Waals surface area contributed by atoms with E-state index in [1.165, 1.54) is 6.42 Å². The number of nitrogens with zero attached hydrogens (tertiary/aromatic N) is 3. The minimum atomic E-state index is -0.00205. The molecule has 0 spiro atoms. The Morgan fingerprint density at radius 3 is 2.35 bits per heavy atom. The van der Waals surface area contributed by atoms with E-state index in [4.69, 9.17) is 4.74 Å². The fraction of sp³-hybridized carbons (Fsp3) is 0.579. The number of likely N-dealkylation sites (tertiary alicyclic amines) is 1. The van der Waals surface area contributed by atoms with Crippen LogP contribution in [0.3, 0.4) is 0 Å². The third-order valence-electron chi connectivity index (χ3n) is 5.13. The number of carbonyl (C=O) groups excluding carboxylic acids is 2. The molecule has 0 radical (unpaired) electrons. The first-order valence-corrected chi connectivity index (χ1v) is 10.0. The van der Waals surface area contributed by atoms with Crippen molar-refractivity contribution in [1.29, 1.82) is 0 Å². The first kappa shape index (κ1) is 19.2. The number of hydrogen-bond acceptors (Lipinski definition) is 4. The Hall–Kier alpha value is -1.60. The second-order valence-corrected chi connectivity index (χ2v) is 7.71. The van der Waals surface area contributed by atoms with Crippen LogP contribution in [-0.4, -0.2) is 79.4 Å². The molecule has 0 aliphatic carbocycles. The molecule has 0 aromatic heterocycles. The van der Waals surface area contributed by atoms with Gasteiger partial charge in [-0.1, -0.05) is 0 Å². The van der Waals surface area contributed by atoms with Gasteiger partial charge in [-0.25, -0.2) is 0 Å². The first-order chi connectivity index (χ1) is 12.6. The van der Waals surface area contributed by atoms with Crippen LogP contribution in [0.4, 0.5) is 0 Å². The average Bonchev–Trinajstić information content (AvgIpc) is 2.69. The van der Waals surface area contributed by atoms with Crippen molar-refractivity contribution < 1.29 is 14.3 Å². The van der Waals surface area contributed by atoms with E-state index in [2.05, 4.69) is 20.8 Å². The van der Waals surface area contributed by atoms with E-state index < -0.39 is 0 Å². The zero-order valence-corrected chi connectivity index (χ0v) is 16.8. The molecule has 0 unspecified atom stereocenters. The molecule has 3 rings (SSSR count). The number of amides is 2. The van der Waals surface area contributed by atoms with Gasteiger partial charge in [0.15, 0.2) is 0 Å². The highest BCUT2D eigenvalue weighted by Crippen LogP contribution is 2.24. The smallest absolute Gasteiger partial charge is 0.255 e. The quantitative estimate of drug-likeness (QED) is 0.744. The number of halogens is 1. The van der Waals surface area contributed by atoms with Crippen LogP contribution in [0.1, 0.15) is 29.6 Å². The van der Waals surface area contributed by atoms with Crippen LogP contribution in [-0.2, 0) is 4.79 Å². The maximum atomic E-state index is 12.8. The van der Waals surface area contributed by atoms with Gasteiger partial charge < -0.3 is 14.5 Å². The molecule has 2 fully saturated rings. The zero-order chi connectivity index (χ0) is 18.5. The SMILES string of the molecule is COc1ccc(Br)c(C(=O)N2CCN(CC(=O)N3CCCCC3)CC2)c1. The number of ether oxygens (including phenoxy) is 1. The number of benzene rings is 1. The average molecular weight is 424 g/mol. The van der Waals surface area contributed by atoms with Gasteiger partial charge in [0.2, 0.25) is 5.91 Å². The topological polar surface area (TPSA) is 53.1 Å². The lowest BCUT2D eigenvalue weighted by Crippen LogP contribution is -2.52. The molecule has 2 heterocycles. The predicted molar refractivity (Wildman–Crippen MR) is 103 cm³/mol. The monoisotopic (exact) mass is 423 g/mol. The van der Waals surface area contributed by atoms with E-state index in [1.807, 2.05) is 21.9 Å². The summed E-state index contributed by atoms with van der Waals surface area (Å²) in [5, 5.41) is 0. The van der Waals surface area contributed by atoms with Crippen LogP contribution >= 0.6 is 15.9 Å². The van der Waals surface area contributed by atoms with Crippen molar-refractivity contribution in [1.82, 2.24) is 14.7 Å². The van der Waals surface area contributed by atoms with Crippen molar-refractivity contribution in [2.24, 2.45) is 0 Å². The number of rotatable bonds is 4. The third kappa shape index (κ3) is 4.57. The Morgan fingerprint density at radius 1 is 1.00 bits per heavy atom. The van der Waals surface area contributed by atoms with Crippen LogP contribution in [0, 0.1) is 0 Å². The van der Waals surface area contributed by atoms with Crippen LogP contribution in [0.25, 0.3) is 0 Å². The fourth-order valence-electron chi connectivity index (χ4n) is 3.51. The molecule has 0 N–H and O–H groups in total. The highest BCUT2D eigenvalue weighted by Gasteiger charge is 2.26. The van der Waals surface area contributed by atoms with Gasteiger partial charge in [-0.3, -0.25) is 14.5 Å². The molecule has 6 nitrogen and oxygen atoms in total. The zero-order valence-electron chi connectivity index (χ0n) is 15.2. The van der Waals surface area contributed by atoms with E-state index in [0.717, 1.165) is 43.5 Å². The number of methoxy groups -OCH3 is 1. The summed E-state index contributed by atoms with van der Waals surface area (Å²) in [6.07, 6.45) is 3.46. The Labute approximate surface area is 163 Å². The summed E-state index contributed by atoms with van der Waals surface area (Å²) >= 11 is 3.45. The molecule has 7 heteroatoms. The molecule has 2 saturated heterocycles. The Balaban J connectivity index is 1.53. The summed E-state index contributed by atoms with van der Waals surface area (Å²) in [6, 6.07) is 5.42. The number of piperidine rings is 1. The van der Waals surface area contributed by atoms with Crippen molar-refractivity contribution in [3.63, 3.8) is 0 Å². The molecule has 2 aliphatic heterocycles. The van der Waals surface area contributed by atoms with E-state index >= 15 is 0 Å². The van der Waals surface area contributed by atoms with Crippen molar-refractivity contribution in [3.8, 4) is 5.75 Å². The molecule has 2 aliphatic rings. The van der Waals surface area contributed by atoms with Gasteiger partial charge in [0.05, 0.1) is 19.2 Å². The molecule has 1 aromatic carbocycles. The molecule has 0 bridgehead atoms. The van der Waals surface area contributed by atoms with Crippen LogP contribution in [0.5, 0.6) is 5.75 Å². The van der Waals surface area contributed by atoms with Crippen molar-refractivity contribution in [3.05, 3.63) is 28.2 Å². The Bertz CT molecular complexity index is 653. The summed E-state index contributed by atoms with van der Waals surface area (Å²) in [6.45, 7) is 4.97. The maximum Gasteiger partial charge on any atom is 0.255 e. The van der Waals surface area contributed by atoms with Gasteiger partial charge in [-0.15, -0.1) is 0 Å². The lowest BCUT2D eigenvalue weighted by molar-refractivity contribution is -0.133. The number of piperazine rings is 1. The van der Waals surface area contributed by atoms with E-state index in [9.17, 15) is 9.59 Å². The molecular formula is C19H26BrN3O3. The summed E-state index contributed by atoms with van der Waals surface area (Å²) in [5.74, 6) is 0.889. The largest absolute Gasteiger partial charge is 0.497 e. The minimum absolute atomic E-state index is 0.00205. The minimum Gasteiger partial charge on any atom is -0.497 e. The van der Waals surface area contributed by atoms with Gasteiger partial charge in [0.25, 0.3) is 5.91 Å². The molecule has 2 amide bonds. The van der Waals surface area contributed by atoms with Gasteiger partial charge in [0.1, 0.15) is 5.75 Å². The van der Waals surface area contributed by atoms with Crippen LogP contribution in [0.15, 0.2) is 22.7 Å². The summed E-state index contributed by atoms with van der Waals surface area (Å²) in [4.78, 5) is 31.2. The maximum absolute atomic E-state index is 12.8. The van der Waals surface area contributed by atoms with Crippen molar-refractivity contribution in [2.45, 2.75) is 19.3 Å². The molecule has 1 aromatic rings. The highest BCUT2D eigenvalue weighted by molar-refractivity contribution is 9.10. The van der Waals surface area contributed by atoms with Gasteiger partial charge >= 0.3 is 0 Å². The van der Waals surface area contributed by atoms with Crippen molar-refractivity contribution >= 4 is 27.7 Å². The number of hydrogen-bond donors (Lipinski definition) is 0. The Kier molecular flexibility index (Phi) is 6.53. The molecule has 26 heavy (non-hydrogen) atoms. The second kappa shape index (κ2) is 8.86. The van der Waals surface area contributed by atoms with Crippen LogP contribution < -0.4 is 4.74 Å². The number of carbonyl (C=O) groups is 2. The molecular weight excluding hydrogens is 398 g/mol. The van der Waals surface area contributed by atoms with E-state index in [1.54, 1.807) is 13.2 Å². The lowest BCUT2D eigenvalue weighted by atomic mass is 10.1. The Morgan fingerprint density at radius 2 is 1.69 bits per heavy atom.